The number of nitrogens with zero attached hydrogens (tertiary/aromatic N) is 2. The summed E-state index contributed by atoms with van der Waals surface area (Å²) >= 11 is 0. The van der Waals surface area contributed by atoms with Gasteiger partial charge in [-0.1, -0.05) is 12.5 Å². The first-order valence-corrected chi connectivity index (χ1v) is 9.18. The van der Waals surface area contributed by atoms with Crippen LogP contribution in [0.3, 0.4) is 0 Å². The van der Waals surface area contributed by atoms with Crippen molar-refractivity contribution in [3.8, 4) is 0 Å². The first-order chi connectivity index (χ1) is 11.6. The number of amides is 1. The maximum absolute atomic E-state index is 12.1. The van der Waals surface area contributed by atoms with E-state index < -0.39 is 0 Å². The molecule has 0 bridgehead atoms. The zero-order valence-corrected chi connectivity index (χ0v) is 14.9. The third-order valence-corrected chi connectivity index (χ3v) is 5.25. The highest BCUT2D eigenvalue weighted by Crippen LogP contribution is 2.18. The van der Waals surface area contributed by atoms with Crippen LogP contribution in [0.2, 0.25) is 0 Å². The molecule has 0 spiro atoms. The molecule has 1 atom stereocenters. The van der Waals surface area contributed by atoms with Crippen molar-refractivity contribution >= 4 is 16.8 Å². The third-order valence-electron chi connectivity index (χ3n) is 5.25. The van der Waals surface area contributed by atoms with E-state index in [4.69, 9.17) is 0 Å². The number of carbonyl (C=O) groups excluding carboxylic acids is 1. The highest BCUT2D eigenvalue weighted by atomic mass is 16.1. The second kappa shape index (κ2) is 7.84. The number of carbonyl (C=O) groups is 1. The Bertz CT molecular complexity index is 691. The molecule has 1 amide bonds. The minimum Gasteiger partial charge on any atom is -0.355 e. The number of nitrogens with one attached hydrogen (secondary N) is 1. The Morgan fingerprint density at radius 1 is 1.29 bits per heavy atom. The highest BCUT2D eigenvalue weighted by Gasteiger charge is 2.17. The van der Waals surface area contributed by atoms with Crippen LogP contribution in [-0.4, -0.2) is 41.1 Å². The van der Waals surface area contributed by atoms with Gasteiger partial charge in [-0.25, -0.2) is 0 Å². The molecule has 0 aliphatic carbocycles. The van der Waals surface area contributed by atoms with E-state index in [-0.39, 0.29) is 5.91 Å². The molecule has 1 saturated heterocycles. The Morgan fingerprint density at radius 2 is 2.17 bits per heavy atom. The Labute approximate surface area is 144 Å². The lowest BCUT2D eigenvalue weighted by Crippen LogP contribution is -2.42. The number of aryl methyl sites for hydroxylation is 2. The van der Waals surface area contributed by atoms with Gasteiger partial charge in [-0.3, -0.25) is 9.69 Å². The van der Waals surface area contributed by atoms with Gasteiger partial charge >= 0.3 is 0 Å². The van der Waals surface area contributed by atoms with E-state index in [2.05, 4.69) is 59.2 Å². The second-order valence-corrected chi connectivity index (χ2v) is 7.05. The molecule has 130 valence electrons. The molecule has 0 unspecified atom stereocenters. The first-order valence-electron chi connectivity index (χ1n) is 9.18. The summed E-state index contributed by atoms with van der Waals surface area (Å²) in [6.07, 6.45) is 7.36. The quantitative estimate of drug-likeness (QED) is 0.885. The van der Waals surface area contributed by atoms with Crippen LogP contribution in [0, 0.1) is 0 Å². The maximum Gasteiger partial charge on any atom is 0.220 e. The Morgan fingerprint density at radius 3 is 3.00 bits per heavy atom. The summed E-state index contributed by atoms with van der Waals surface area (Å²) in [6.45, 7) is 5.21. The molecular weight excluding hydrogens is 298 g/mol. The summed E-state index contributed by atoms with van der Waals surface area (Å²) in [7, 11) is 2.05. The molecule has 4 heteroatoms. The van der Waals surface area contributed by atoms with Gasteiger partial charge in [-0.2, -0.15) is 0 Å². The fourth-order valence-electron chi connectivity index (χ4n) is 3.66. The molecule has 1 fully saturated rings. The van der Waals surface area contributed by atoms with Gasteiger partial charge in [-0.15, -0.1) is 0 Å². The zero-order valence-electron chi connectivity index (χ0n) is 14.9. The largest absolute Gasteiger partial charge is 0.355 e. The summed E-state index contributed by atoms with van der Waals surface area (Å²) in [4.78, 5) is 14.6. The molecule has 1 aromatic carbocycles. The van der Waals surface area contributed by atoms with E-state index in [1.165, 1.54) is 42.3 Å². The van der Waals surface area contributed by atoms with Gasteiger partial charge in [0.25, 0.3) is 0 Å². The summed E-state index contributed by atoms with van der Waals surface area (Å²) < 4.78 is 2.12. The maximum atomic E-state index is 12.1. The molecule has 2 aromatic rings. The Kier molecular flexibility index (Phi) is 5.56. The van der Waals surface area contributed by atoms with Gasteiger partial charge in [0.2, 0.25) is 5.91 Å². The molecule has 1 aromatic heterocycles. The number of rotatable bonds is 6. The monoisotopic (exact) mass is 327 g/mol. The van der Waals surface area contributed by atoms with Crippen LogP contribution < -0.4 is 5.32 Å². The summed E-state index contributed by atoms with van der Waals surface area (Å²) in [5.74, 6) is 0.160. The van der Waals surface area contributed by atoms with Gasteiger partial charge in [-0.05, 0) is 61.9 Å². The van der Waals surface area contributed by atoms with Gasteiger partial charge in [0.05, 0.1) is 0 Å². The predicted molar refractivity (Wildman–Crippen MR) is 99.1 cm³/mol. The van der Waals surface area contributed by atoms with E-state index >= 15 is 0 Å². The molecule has 0 saturated carbocycles. The fourth-order valence-corrected chi connectivity index (χ4v) is 3.66. The van der Waals surface area contributed by atoms with Crippen LogP contribution >= 0.6 is 0 Å². The smallest absolute Gasteiger partial charge is 0.220 e. The molecule has 2 heterocycles. The van der Waals surface area contributed by atoms with Crippen LogP contribution in [0.1, 0.15) is 38.2 Å². The molecule has 1 N–H and O–H groups in total. The van der Waals surface area contributed by atoms with Crippen molar-refractivity contribution in [2.24, 2.45) is 7.05 Å². The minimum atomic E-state index is 0.160. The van der Waals surface area contributed by atoms with Gasteiger partial charge in [0, 0.05) is 44.3 Å². The van der Waals surface area contributed by atoms with Crippen molar-refractivity contribution in [2.75, 3.05) is 19.6 Å². The fraction of sp³-hybridized carbons (Fsp3) is 0.550. The molecule has 4 nitrogen and oxygen atoms in total. The van der Waals surface area contributed by atoms with E-state index in [0.717, 1.165) is 19.5 Å². The topological polar surface area (TPSA) is 37.3 Å². The Balaban J connectivity index is 1.41. The van der Waals surface area contributed by atoms with Crippen molar-refractivity contribution in [3.63, 3.8) is 0 Å². The molecule has 0 radical (unpaired) electrons. The standard InChI is InChI=1S/C20H29N3O/c1-16-5-3-4-12-23(16)14-11-21-20(24)9-7-17-6-8-19-18(15-17)10-13-22(19)2/h6,8,10,13,15-16H,3-5,7,9,11-12,14H2,1-2H3,(H,21,24)/t16-/m0/s1. The van der Waals surface area contributed by atoms with Crippen molar-refractivity contribution in [2.45, 2.75) is 45.1 Å². The van der Waals surface area contributed by atoms with E-state index in [9.17, 15) is 4.79 Å². The van der Waals surface area contributed by atoms with Gasteiger partial charge in [0.15, 0.2) is 0 Å². The molecule has 1 aliphatic rings. The number of aromatic nitrogens is 1. The summed E-state index contributed by atoms with van der Waals surface area (Å²) in [5.41, 5.74) is 2.47. The van der Waals surface area contributed by atoms with Crippen molar-refractivity contribution in [1.82, 2.24) is 14.8 Å². The number of fused-ring (bicyclic) bond motifs is 1. The average molecular weight is 327 g/mol. The second-order valence-electron chi connectivity index (χ2n) is 7.05. The number of likely N-dealkylation sites (tertiary alicyclic amines) is 1. The van der Waals surface area contributed by atoms with Crippen LogP contribution in [-0.2, 0) is 18.3 Å². The molecular formula is C20H29N3O. The van der Waals surface area contributed by atoms with Crippen LogP contribution in [0.4, 0.5) is 0 Å². The van der Waals surface area contributed by atoms with Crippen LogP contribution in [0.5, 0.6) is 0 Å². The number of hydrogen-bond donors (Lipinski definition) is 1. The van der Waals surface area contributed by atoms with E-state index in [1.807, 2.05) is 0 Å². The van der Waals surface area contributed by atoms with Gasteiger partial charge < -0.3 is 9.88 Å². The molecule has 1 aliphatic heterocycles. The Hall–Kier alpha value is -1.81. The first kappa shape index (κ1) is 17.0. The number of piperidine rings is 1. The SMILES string of the molecule is C[C@H]1CCCCN1CCNC(=O)CCc1ccc2c(ccn2C)c1. The minimum absolute atomic E-state index is 0.160. The lowest BCUT2D eigenvalue weighted by molar-refractivity contribution is -0.121. The van der Waals surface area contributed by atoms with Crippen LogP contribution in [0.25, 0.3) is 10.9 Å². The zero-order chi connectivity index (χ0) is 16.9. The van der Waals surface area contributed by atoms with Crippen molar-refractivity contribution in [1.29, 1.82) is 0 Å². The lowest BCUT2D eigenvalue weighted by Gasteiger charge is -2.33. The van der Waals surface area contributed by atoms with Crippen molar-refractivity contribution in [3.05, 3.63) is 36.0 Å². The van der Waals surface area contributed by atoms with Crippen LogP contribution in [0.15, 0.2) is 30.5 Å². The lowest BCUT2D eigenvalue weighted by atomic mass is 10.0. The van der Waals surface area contributed by atoms with E-state index in [0.29, 0.717) is 12.5 Å². The van der Waals surface area contributed by atoms with Crippen molar-refractivity contribution < 1.29 is 4.79 Å². The average Bonchev–Trinajstić information content (AvgIpc) is 2.95. The molecule has 3 rings (SSSR count). The third kappa shape index (κ3) is 4.18. The normalized spacial score (nSPS) is 18.8. The highest BCUT2D eigenvalue weighted by molar-refractivity contribution is 5.81. The molecule has 24 heavy (non-hydrogen) atoms. The van der Waals surface area contributed by atoms with Gasteiger partial charge in [0.1, 0.15) is 0 Å². The summed E-state index contributed by atoms with van der Waals surface area (Å²) in [6, 6.07) is 9.25. The number of hydrogen-bond acceptors (Lipinski definition) is 2. The number of benzene rings is 1. The summed E-state index contributed by atoms with van der Waals surface area (Å²) in [5, 5.41) is 4.32. The van der Waals surface area contributed by atoms with E-state index in [1.54, 1.807) is 0 Å². The predicted octanol–water partition coefficient (Wildman–Crippen LogP) is 3.10.